The smallest absolute Gasteiger partial charge is 0.258 e. The lowest BCUT2D eigenvalue weighted by molar-refractivity contribution is 0.245. The van der Waals surface area contributed by atoms with E-state index in [1.54, 1.807) is 16.7 Å². The van der Waals surface area contributed by atoms with Gasteiger partial charge in [-0.05, 0) is 43.6 Å². The maximum Gasteiger partial charge on any atom is 0.258 e. The predicted octanol–water partition coefficient (Wildman–Crippen LogP) is 2.71. The van der Waals surface area contributed by atoms with Gasteiger partial charge in [0.15, 0.2) is 0 Å². The van der Waals surface area contributed by atoms with Crippen molar-refractivity contribution in [3.8, 4) is 0 Å². The van der Waals surface area contributed by atoms with Gasteiger partial charge in [0.2, 0.25) is 0 Å². The van der Waals surface area contributed by atoms with Crippen molar-refractivity contribution >= 4 is 5.65 Å². The Hall–Kier alpha value is -2.50. The average molecular weight is 362 g/mol. The second-order valence-corrected chi connectivity index (χ2v) is 7.36. The monoisotopic (exact) mass is 362 g/mol. The van der Waals surface area contributed by atoms with E-state index in [1.165, 1.54) is 5.56 Å². The molecular weight excluding hydrogens is 336 g/mol. The summed E-state index contributed by atoms with van der Waals surface area (Å²) in [5.41, 5.74) is 4.03. The molecule has 4 rings (SSSR count). The van der Waals surface area contributed by atoms with E-state index in [0.717, 1.165) is 62.6 Å². The third-order valence-electron chi connectivity index (χ3n) is 5.26. The number of fused-ring (bicyclic) bond motifs is 1. The topological polar surface area (TPSA) is 40.9 Å². The number of hydrogen-bond acceptors (Lipinski definition) is 4. The van der Waals surface area contributed by atoms with Crippen molar-refractivity contribution in [3.63, 3.8) is 0 Å². The normalized spacial score (nSPS) is 16.5. The fraction of sp³-hybridized carbons (Fsp3) is 0.364. The molecule has 0 aliphatic carbocycles. The number of rotatable bonds is 4. The van der Waals surface area contributed by atoms with Gasteiger partial charge >= 0.3 is 0 Å². The summed E-state index contributed by atoms with van der Waals surface area (Å²) in [5.74, 6) is 0. The van der Waals surface area contributed by atoms with E-state index in [9.17, 15) is 4.79 Å². The summed E-state index contributed by atoms with van der Waals surface area (Å²) in [6.07, 6.45) is 2.92. The second-order valence-electron chi connectivity index (χ2n) is 7.36. The summed E-state index contributed by atoms with van der Waals surface area (Å²) in [4.78, 5) is 22.1. The van der Waals surface area contributed by atoms with Crippen LogP contribution in [0.4, 0.5) is 0 Å². The van der Waals surface area contributed by atoms with Crippen LogP contribution >= 0.6 is 0 Å². The first-order valence-corrected chi connectivity index (χ1v) is 9.65. The molecule has 5 heteroatoms. The molecular formula is C22H26N4O. The van der Waals surface area contributed by atoms with E-state index in [2.05, 4.69) is 40.1 Å². The molecule has 0 atom stereocenters. The number of benzene rings is 1. The van der Waals surface area contributed by atoms with Gasteiger partial charge in [-0.25, -0.2) is 4.98 Å². The molecule has 0 saturated carbocycles. The van der Waals surface area contributed by atoms with Crippen LogP contribution in [0.25, 0.3) is 5.65 Å². The fourth-order valence-electron chi connectivity index (χ4n) is 3.80. The summed E-state index contributed by atoms with van der Waals surface area (Å²) < 4.78 is 1.63. The molecule has 0 amide bonds. The summed E-state index contributed by atoms with van der Waals surface area (Å²) in [6, 6.07) is 16.2. The summed E-state index contributed by atoms with van der Waals surface area (Å²) in [7, 11) is 0. The largest absolute Gasteiger partial charge is 0.298 e. The van der Waals surface area contributed by atoms with E-state index in [-0.39, 0.29) is 5.56 Å². The molecule has 1 saturated heterocycles. The summed E-state index contributed by atoms with van der Waals surface area (Å²) >= 11 is 0. The van der Waals surface area contributed by atoms with Crippen molar-refractivity contribution in [2.24, 2.45) is 0 Å². The molecule has 0 unspecified atom stereocenters. The molecule has 2 aromatic heterocycles. The van der Waals surface area contributed by atoms with Gasteiger partial charge < -0.3 is 0 Å². The minimum absolute atomic E-state index is 0.000717. The zero-order chi connectivity index (χ0) is 18.6. The maximum atomic E-state index is 12.4. The molecule has 1 aliphatic rings. The third-order valence-corrected chi connectivity index (χ3v) is 5.26. The second kappa shape index (κ2) is 8.03. The molecule has 1 fully saturated rings. The molecule has 27 heavy (non-hydrogen) atoms. The van der Waals surface area contributed by atoms with Crippen LogP contribution in [-0.2, 0) is 13.1 Å². The van der Waals surface area contributed by atoms with Gasteiger partial charge in [-0.3, -0.25) is 19.0 Å². The van der Waals surface area contributed by atoms with Crippen LogP contribution < -0.4 is 5.56 Å². The quantitative estimate of drug-likeness (QED) is 0.716. The van der Waals surface area contributed by atoms with Gasteiger partial charge in [0, 0.05) is 38.4 Å². The number of hydrogen-bond donors (Lipinski definition) is 0. The summed E-state index contributed by atoms with van der Waals surface area (Å²) in [6.45, 7) is 7.93. The lowest BCUT2D eigenvalue weighted by atomic mass is 10.2. The minimum atomic E-state index is -0.000717. The zero-order valence-corrected chi connectivity index (χ0v) is 15.8. The van der Waals surface area contributed by atoms with Gasteiger partial charge in [-0.1, -0.05) is 36.4 Å². The molecule has 0 radical (unpaired) electrons. The predicted molar refractivity (Wildman–Crippen MR) is 108 cm³/mol. The molecule has 0 spiro atoms. The number of aromatic nitrogens is 2. The molecule has 3 heterocycles. The Morgan fingerprint density at radius 2 is 1.67 bits per heavy atom. The Balaban J connectivity index is 1.44. The first kappa shape index (κ1) is 17.9. The highest BCUT2D eigenvalue weighted by Crippen LogP contribution is 2.12. The number of nitrogens with zero attached hydrogens (tertiary/aromatic N) is 4. The van der Waals surface area contributed by atoms with E-state index >= 15 is 0 Å². The van der Waals surface area contributed by atoms with Crippen molar-refractivity contribution in [2.75, 3.05) is 26.2 Å². The van der Waals surface area contributed by atoms with Crippen molar-refractivity contribution in [1.82, 2.24) is 19.2 Å². The Bertz CT molecular complexity index is 967. The Labute approximate surface area is 159 Å². The lowest BCUT2D eigenvalue weighted by Crippen LogP contribution is -2.31. The minimum Gasteiger partial charge on any atom is -0.298 e. The number of pyridine rings is 1. The number of aryl methyl sites for hydroxylation is 1. The Kier molecular flexibility index (Phi) is 5.32. The van der Waals surface area contributed by atoms with Crippen molar-refractivity contribution in [3.05, 3.63) is 81.9 Å². The van der Waals surface area contributed by atoms with Crippen LogP contribution in [-0.4, -0.2) is 45.4 Å². The SMILES string of the molecule is Cc1cccn2c(=O)cc(CN3CCCN(Cc4ccccc4)CC3)nc12. The zero-order valence-electron chi connectivity index (χ0n) is 15.8. The van der Waals surface area contributed by atoms with Crippen molar-refractivity contribution in [1.29, 1.82) is 0 Å². The van der Waals surface area contributed by atoms with E-state index in [0.29, 0.717) is 0 Å². The first-order valence-electron chi connectivity index (χ1n) is 9.65. The van der Waals surface area contributed by atoms with Crippen LogP contribution in [0.3, 0.4) is 0 Å². The maximum absolute atomic E-state index is 12.4. The molecule has 0 N–H and O–H groups in total. The first-order chi connectivity index (χ1) is 13.2. The van der Waals surface area contributed by atoms with Gasteiger partial charge in [0.05, 0.1) is 5.69 Å². The van der Waals surface area contributed by atoms with Gasteiger partial charge in [0.1, 0.15) is 5.65 Å². The standard InChI is InChI=1S/C22H26N4O/c1-18-7-5-12-26-21(27)15-20(23-22(18)26)17-25-11-6-10-24(13-14-25)16-19-8-3-2-4-9-19/h2-5,7-9,12,15H,6,10-11,13-14,16-17H2,1H3. The van der Waals surface area contributed by atoms with Gasteiger partial charge in [-0.15, -0.1) is 0 Å². The Morgan fingerprint density at radius 3 is 2.44 bits per heavy atom. The van der Waals surface area contributed by atoms with Gasteiger partial charge in [-0.2, -0.15) is 0 Å². The summed E-state index contributed by atoms with van der Waals surface area (Å²) in [5, 5.41) is 0. The van der Waals surface area contributed by atoms with E-state index in [1.807, 2.05) is 19.1 Å². The molecule has 3 aromatic rings. The molecule has 5 nitrogen and oxygen atoms in total. The highest BCUT2D eigenvalue weighted by atomic mass is 16.1. The van der Waals surface area contributed by atoms with E-state index in [4.69, 9.17) is 4.98 Å². The highest BCUT2D eigenvalue weighted by molar-refractivity contribution is 5.46. The van der Waals surface area contributed by atoms with Crippen LogP contribution in [0.1, 0.15) is 23.2 Å². The van der Waals surface area contributed by atoms with Crippen LogP contribution in [0, 0.1) is 6.92 Å². The third kappa shape index (κ3) is 4.26. The molecule has 1 aliphatic heterocycles. The fourth-order valence-corrected chi connectivity index (χ4v) is 3.80. The van der Waals surface area contributed by atoms with Gasteiger partial charge in [0.25, 0.3) is 5.56 Å². The highest BCUT2D eigenvalue weighted by Gasteiger charge is 2.16. The molecule has 0 bridgehead atoms. The Morgan fingerprint density at radius 1 is 0.926 bits per heavy atom. The molecule has 140 valence electrons. The average Bonchev–Trinajstić information content (AvgIpc) is 2.89. The van der Waals surface area contributed by atoms with Crippen LogP contribution in [0.2, 0.25) is 0 Å². The van der Waals surface area contributed by atoms with Crippen molar-refractivity contribution < 1.29 is 0 Å². The van der Waals surface area contributed by atoms with Crippen LogP contribution in [0.5, 0.6) is 0 Å². The lowest BCUT2D eigenvalue weighted by Gasteiger charge is -2.21. The van der Waals surface area contributed by atoms with Crippen molar-refractivity contribution in [2.45, 2.75) is 26.4 Å². The van der Waals surface area contributed by atoms with Crippen LogP contribution in [0.15, 0.2) is 59.5 Å². The molecule has 1 aromatic carbocycles. The van der Waals surface area contributed by atoms with E-state index < -0.39 is 0 Å².